The van der Waals surface area contributed by atoms with E-state index in [0.29, 0.717) is 40.1 Å². The second kappa shape index (κ2) is 7.84. The van der Waals surface area contributed by atoms with Crippen molar-refractivity contribution < 1.29 is 9.90 Å². The van der Waals surface area contributed by atoms with E-state index in [1.54, 1.807) is 6.20 Å². The highest BCUT2D eigenvalue weighted by Crippen LogP contribution is 2.46. The molecule has 4 aromatic heterocycles. The molecule has 3 aliphatic rings. The summed E-state index contributed by atoms with van der Waals surface area (Å²) in [5.41, 5.74) is 1.85. The topological polar surface area (TPSA) is 122 Å². The summed E-state index contributed by atoms with van der Waals surface area (Å²) in [5, 5.41) is 13.7. The van der Waals surface area contributed by atoms with Crippen LogP contribution in [0.5, 0.6) is 0 Å². The Bertz CT molecular complexity index is 1330. The number of aromatic amines is 1. The number of aromatic nitrogens is 6. The first-order valence-electron chi connectivity index (χ1n) is 11.1. The Morgan fingerprint density at radius 1 is 1.12 bits per heavy atom. The summed E-state index contributed by atoms with van der Waals surface area (Å²) < 4.78 is 1.89. The second-order valence-electron chi connectivity index (χ2n) is 8.83. The predicted octanol–water partition coefficient (Wildman–Crippen LogP) is 4.16. The number of rotatable bonds is 5. The van der Waals surface area contributed by atoms with E-state index >= 15 is 0 Å². The van der Waals surface area contributed by atoms with E-state index < -0.39 is 11.9 Å². The van der Waals surface area contributed by atoms with E-state index in [0.717, 1.165) is 25.7 Å². The molecule has 4 heterocycles. The molecule has 0 aliphatic heterocycles. The lowest BCUT2D eigenvalue weighted by Gasteiger charge is -2.47. The van der Waals surface area contributed by atoms with Crippen molar-refractivity contribution in [3.05, 3.63) is 48.1 Å². The largest absolute Gasteiger partial charge is 0.481 e. The van der Waals surface area contributed by atoms with Gasteiger partial charge < -0.3 is 20.0 Å². The van der Waals surface area contributed by atoms with Crippen LogP contribution in [-0.4, -0.2) is 46.6 Å². The predicted molar refractivity (Wildman–Crippen MR) is 123 cm³/mol. The molecule has 0 aromatic carbocycles. The molecule has 10 heteroatoms. The molecule has 2 atom stereocenters. The normalized spacial score (nSPS) is 24.3. The minimum Gasteiger partial charge on any atom is -0.481 e. The molecule has 9 nitrogen and oxygen atoms in total. The van der Waals surface area contributed by atoms with Crippen molar-refractivity contribution in [3.63, 3.8) is 0 Å². The molecule has 168 valence electrons. The van der Waals surface area contributed by atoms with Gasteiger partial charge in [-0.2, -0.15) is 0 Å². The number of nitrogens with one attached hydrogen (secondary N) is 2. The number of halogens is 1. The van der Waals surface area contributed by atoms with Crippen molar-refractivity contribution >= 4 is 34.6 Å². The maximum absolute atomic E-state index is 12.1. The zero-order valence-electron chi connectivity index (χ0n) is 17.6. The van der Waals surface area contributed by atoms with Gasteiger partial charge in [0.15, 0.2) is 11.5 Å². The van der Waals surface area contributed by atoms with Crippen molar-refractivity contribution in [1.82, 2.24) is 29.5 Å². The fourth-order valence-corrected chi connectivity index (χ4v) is 5.61. The van der Waals surface area contributed by atoms with E-state index in [2.05, 4.69) is 20.3 Å². The minimum atomic E-state index is -0.733. The van der Waals surface area contributed by atoms with Crippen LogP contribution >= 0.6 is 11.6 Å². The Morgan fingerprint density at radius 2 is 1.88 bits per heavy atom. The van der Waals surface area contributed by atoms with E-state index in [1.807, 2.05) is 35.2 Å². The summed E-state index contributed by atoms with van der Waals surface area (Å²) in [6.45, 7) is 0. The van der Waals surface area contributed by atoms with Gasteiger partial charge in [0.2, 0.25) is 0 Å². The molecule has 0 amide bonds. The van der Waals surface area contributed by atoms with Gasteiger partial charge in [-0.3, -0.25) is 4.79 Å². The molecule has 3 saturated carbocycles. The quantitative estimate of drug-likeness (QED) is 0.406. The van der Waals surface area contributed by atoms with Crippen LogP contribution < -0.4 is 5.32 Å². The van der Waals surface area contributed by atoms with E-state index in [4.69, 9.17) is 21.6 Å². The van der Waals surface area contributed by atoms with Gasteiger partial charge in [0, 0.05) is 30.7 Å². The van der Waals surface area contributed by atoms with Gasteiger partial charge in [0.25, 0.3) is 0 Å². The van der Waals surface area contributed by atoms with Crippen LogP contribution in [0.1, 0.15) is 25.7 Å². The Labute approximate surface area is 194 Å². The lowest BCUT2D eigenvalue weighted by molar-refractivity contribution is -0.148. The third-order valence-corrected chi connectivity index (χ3v) is 7.17. The smallest absolute Gasteiger partial charge is 0.308 e. The summed E-state index contributed by atoms with van der Waals surface area (Å²) in [4.78, 5) is 33.4. The number of fused-ring (bicyclic) bond motifs is 4. The highest BCUT2D eigenvalue weighted by atomic mass is 35.5. The van der Waals surface area contributed by atoms with Crippen LogP contribution in [-0.2, 0) is 4.79 Å². The molecule has 3 aliphatic carbocycles. The van der Waals surface area contributed by atoms with Crippen molar-refractivity contribution in [2.45, 2.75) is 31.7 Å². The summed E-state index contributed by atoms with van der Waals surface area (Å²) in [5.74, 6) is 1.11. The molecular formula is C23H22ClN7O2. The molecule has 2 unspecified atom stereocenters. The van der Waals surface area contributed by atoms with Gasteiger partial charge in [-0.05, 0) is 49.7 Å². The summed E-state index contributed by atoms with van der Waals surface area (Å²) in [6, 6.07) is 5.55. The first kappa shape index (κ1) is 20.2. The highest BCUT2D eigenvalue weighted by molar-refractivity contribution is 6.29. The van der Waals surface area contributed by atoms with Gasteiger partial charge in [0.05, 0.1) is 17.7 Å². The fourth-order valence-electron chi connectivity index (χ4n) is 5.47. The standard InChI is InChI=1S/C23H22ClN7O2/c24-15-11-26-22-20(27-15)14(10-25-22)21-29-16(9-17(30-21)31-7-1-2-8-31)28-19-13-5-3-12(4-6-13)18(19)23(32)33/h1-2,7-13,18-19H,3-6H2,(H,25,26)(H,32,33)(H,28,29,30). The Hall–Kier alpha value is -3.46. The number of H-pyrrole nitrogens is 1. The van der Waals surface area contributed by atoms with Gasteiger partial charge in [-0.15, -0.1) is 0 Å². The monoisotopic (exact) mass is 463 g/mol. The highest BCUT2D eigenvalue weighted by Gasteiger charge is 2.47. The molecular weight excluding hydrogens is 442 g/mol. The molecule has 2 bridgehead atoms. The van der Waals surface area contributed by atoms with Crippen LogP contribution in [0.3, 0.4) is 0 Å². The van der Waals surface area contributed by atoms with Crippen LogP contribution in [0.2, 0.25) is 5.15 Å². The number of carboxylic acid groups (broad SMARTS) is 1. The van der Waals surface area contributed by atoms with E-state index in [9.17, 15) is 9.90 Å². The lowest BCUT2D eigenvalue weighted by Crippen LogP contribution is -2.51. The maximum atomic E-state index is 12.1. The van der Waals surface area contributed by atoms with E-state index in [-0.39, 0.29) is 17.1 Å². The molecule has 3 N–H and O–H groups in total. The van der Waals surface area contributed by atoms with Crippen molar-refractivity contribution in [3.8, 4) is 17.2 Å². The van der Waals surface area contributed by atoms with Crippen LogP contribution in [0.25, 0.3) is 28.4 Å². The van der Waals surface area contributed by atoms with Crippen molar-refractivity contribution in [2.75, 3.05) is 5.32 Å². The number of anilines is 1. The fraction of sp³-hybridized carbons (Fsp3) is 0.348. The average Bonchev–Trinajstić information content (AvgIpc) is 3.49. The number of nitrogens with zero attached hydrogens (tertiary/aromatic N) is 5. The van der Waals surface area contributed by atoms with Crippen molar-refractivity contribution in [2.24, 2.45) is 17.8 Å². The molecule has 3 fully saturated rings. The van der Waals surface area contributed by atoms with Gasteiger partial charge >= 0.3 is 5.97 Å². The van der Waals surface area contributed by atoms with E-state index in [1.165, 1.54) is 6.20 Å². The molecule has 33 heavy (non-hydrogen) atoms. The maximum Gasteiger partial charge on any atom is 0.308 e. The Kier molecular flexibility index (Phi) is 4.79. The van der Waals surface area contributed by atoms with Crippen LogP contribution in [0.4, 0.5) is 5.82 Å². The van der Waals surface area contributed by atoms with Gasteiger partial charge in [-0.1, -0.05) is 11.6 Å². The summed E-state index contributed by atoms with van der Waals surface area (Å²) in [6.07, 6.45) is 11.1. The minimum absolute atomic E-state index is 0.160. The van der Waals surface area contributed by atoms with Crippen LogP contribution in [0, 0.1) is 17.8 Å². The van der Waals surface area contributed by atoms with Gasteiger partial charge in [-0.25, -0.2) is 19.9 Å². The molecule has 0 spiro atoms. The average molecular weight is 464 g/mol. The third-order valence-electron chi connectivity index (χ3n) is 6.99. The zero-order valence-corrected chi connectivity index (χ0v) is 18.4. The lowest BCUT2D eigenvalue weighted by atomic mass is 9.61. The second-order valence-corrected chi connectivity index (χ2v) is 9.21. The van der Waals surface area contributed by atoms with Crippen LogP contribution in [0.15, 0.2) is 43.0 Å². The molecule has 7 rings (SSSR count). The molecule has 4 aromatic rings. The summed E-state index contributed by atoms with van der Waals surface area (Å²) >= 11 is 6.09. The number of hydrogen-bond acceptors (Lipinski definition) is 6. The van der Waals surface area contributed by atoms with Crippen molar-refractivity contribution in [1.29, 1.82) is 0 Å². The Morgan fingerprint density at radius 3 is 2.64 bits per heavy atom. The first-order valence-corrected chi connectivity index (χ1v) is 11.5. The number of aliphatic carboxylic acids is 1. The third kappa shape index (κ3) is 3.52. The zero-order chi connectivity index (χ0) is 22.5. The number of hydrogen-bond donors (Lipinski definition) is 3. The molecule has 0 radical (unpaired) electrons. The summed E-state index contributed by atoms with van der Waals surface area (Å²) in [7, 11) is 0. The van der Waals surface area contributed by atoms with Gasteiger partial charge in [0.1, 0.15) is 22.3 Å². The Balaban J connectivity index is 1.45. The molecule has 0 saturated heterocycles. The number of carbonyl (C=O) groups is 1. The number of carboxylic acids is 1. The SMILES string of the molecule is O=C(O)C1C2CCC(CC2)C1Nc1cc(-n2cccc2)nc(-c2c[nH]c3ncc(Cl)nc23)n1. The first-order chi connectivity index (χ1) is 16.1.